The van der Waals surface area contributed by atoms with Crippen LogP contribution in [0.2, 0.25) is 0 Å². The fourth-order valence-electron chi connectivity index (χ4n) is 4.47. The van der Waals surface area contributed by atoms with Crippen LogP contribution in [0.25, 0.3) is 11.7 Å². The first-order chi connectivity index (χ1) is 17.1. The summed E-state index contributed by atoms with van der Waals surface area (Å²) in [6.07, 6.45) is 4.24. The van der Waals surface area contributed by atoms with Gasteiger partial charge in [-0.3, -0.25) is 14.0 Å². The van der Waals surface area contributed by atoms with E-state index in [4.69, 9.17) is 14.5 Å². The number of pyridine rings is 1. The Bertz CT molecular complexity index is 1360. The molecule has 2 saturated heterocycles. The van der Waals surface area contributed by atoms with E-state index >= 15 is 0 Å². The maximum atomic E-state index is 13.5. The summed E-state index contributed by atoms with van der Waals surface area (Å²) in [6.45, 7) is 2.56. The predicted octanol–water partition coefficient (Wildman–Crippen LogP) is 2.26. The van der Waals surface area contributed by atoms with Crippen molar-refractivity contribution in [2.45, 2.75) is 25.2 Å². The summed E-state index contributed by atoms with van der Waals surface area (Å²) in [6, 6.07) is 16.7. The van der Waals surface area contributed by atoms with Gasteiger partial charge in [-0.05, 0) is 23.8 Å². The highest BCUT2D eigenvalue weighted by atomic mass is 16.7. The van der Waals surface area contributed by atoms with Crippen molar-refractivity contribution in [2.75, 3.05) is 31.2 Å². The van der Waals surface area contributed by atoms with Crippen molar-refractivity contribution in [3.05, 3.63) is 81.8 Å². The highest BCUT2D eigenvalue weighted by Crippen LogP contribution is 2.33. The molecule has 0 unspecified atom stereocenters. The first kappa shape index (κ1) is 22.8. The number of nitrogens with one attached hydrogen (secondary N) is 1. The molecule has 1 N–H and O–H groups in total. The number of hydrogen-bond acceptors (Lipinski definition) is 7. The number of nitriles is 1. The molecule has 35 heavy (non-hydrogen) atoms. The fraction of sp³-hybridized carbons (Fsp3) is 0.308. The van der Waals surface area contributed by atoms with E-state index in [-0.39, 0.29) is 23.2 Å². The molecule has 0 aliphatic carbocycles. The first-order valence-electron chi connectivity index (χ1n) is 11.6. The molecule has 0 bridgehead atoms. The number of aromatic nitrogens is 2. The number of carbonyl (C=O) groups excluding carboxylic acids is 1. The molecule has 3 aromatic rings. The van der Waals surface area contributed by atoms with E-state index < -0.39 is 11.7 Å². The van der Waals surface area contributed by atoms with Crippen LogP contribution in [0.3, 0.4) is 0 Å². The van der Waals surface area contributed by atoms with Gasteiger partial charge in [-0.15, -0.1) is 0 Å². The zero-order chi connectivity index (χ0) is 24.3. The maximum Gasteiger partial charge on any atom is 0.267 e. The third-order valence-electron chi connectivity index (χ3n) is 6.34. The van der Waals surface area contributed by atoms with Crippen molar-refractivity contribution < 1.29 is 14.3 Å². The summed E-state index contributed by atoms with van der Waals surface area (Å²) in [5.41, 5.74) is 1.09. The highest BCUT2D eigenvalue weighted by Gasteiger charge is 2.40. The van der Waals surface area contributed by atoms with Gasteiger partial charge in [0.2, 0.25) is 0 Å². The van der Waals surface area contributed by atoms with Crippen molar-refractivity contribution in [3.8, 4) is 6.07 Å². The van der Waals surface area contributed by atoms with Gasteiger partial charge in [0.15, 0.2) is 5.79 Å². The van der Waals surface area contributed by atoms with Crippen LogP contribution in [0.15, 0.2) is 65.1 Å². The van der Waals surface area contributed by atoms with Crippen molar-refractivity contribution >= 4 is 23.4 Å². The van der Waals surface area contributed by atoms with Crippen LogP contribution in [-0.2, 0) is 20.8 Å². The van der Waals surface area contributed by atoms with E-state index in [1.807, 2.05) is 47.4 Å². The van der Waals surface area contributed by atoms with Crippen molar-refractivity contribution in [2.24, 2.45) is 0 Å². The van der Waals surface area contributed by atoms with Crippen LogP contribution in [0.1, 0.15) is 24.0 Å². The summed E-state index contributed by atoms with van der Waals surface area (Å²) in [7, 11) is 0. The Hall–Kier alpha value is -4.00. The van der Waals surface area contributed by atoms with E-state index in [9.17, 15) is 14.9 Å². The third-order valence-corrected chi connectivity index (χ3v) is 6.34. The number of nitrogens with zero attached hydrogens (tertiary/aromatic N) is 4. The lowest BCUT2D eigenvalue weighted by Gasteiger charge is -2.38. The molecule has 178 valence electrons. The Morgan fingerprint density at radius 1 is 1.11 bits per heavy atom. The van der Waals surface area contributed by atoms with E-state index in [1.54, 1.807) is 18.3 Å². The third kappa shape index (κ3) is 4.67. The van der Waals surface area contributed by atoms with Crippen LogP contribution in [0, 0.1) is 11.3 Å². The lowest BCUT2D eigenvalue weighted by Crippen LogP contribution is -2.46. The second-order valence-corrected chi connectivity index (χ2v) is 8.52. The normalized spacial score (nSPS) is 17.5. The number of piperidine rings is 1. The molecule has 2 aromatic heterocycles. The second-order valence-electron chi connectivity index (χ2n) is 8.52. The number of hydrogen-bond donors (Lipinski definition) is 1. The molecule has 9 nitrogen and oxygen atoms in total. The van der Waals surface area contributed by atoms with Crippen molar-refractivity contribution in [1.82, 2.24) is 14.7 Å². The monoisotopic (exact) mass is 471 g/mol. The number of rotatable bonds is 5. The molecule has 2 fully saturated rings. The van der Waals surface area contributed by atoms with Gasteiger partial charge in [-0.2, -0.15) is 5.26 Å². The summed E-state index contributed by atoms with van der Waals surface area (Å²) < 4.78 is 13.1. The van der Waals surface area contributed by atoms with Crippen LogP contribution < -0.4 is 15.8 Å². The Balaban J connectivity index is 1.48. The second kappa shape index (κ2) is 9.70. The predicted molar refractivity (Wildman–Crippen MR) is 129 cm³/mol. The van der Waals surface area contributed by atoms with Gasteiger partial charge in [-0.1, -0.05) is 36.4 Å². The average Bonchev–Trinajstić information content (AvgIpc) is 3.35. The SMILES string of the molecule is N#CC(=Cc1c(N2CCC3(CC2)OCCO3)nc2ccccn2c1=O)C(=O)NCc1ccccc1. The standard InChI is InChI=1S/C26H25N5O4/c27-17-20(24(32)28-18-19-6-2-1-3-7-19)16-21-23(29-22-8-4-5-11-31(22)25(21)33)30-12-9-26(10-13-30)34-14-15-35-26/h1-8,11,16H,9-10,12-15,18H2,(H,28,32). The van der Waals surface area contributed by atoms with Gasteiger partial charge in [0.1, 0.15) is 23.1 Å². The number of benzene rings is 1. The summed E-state index contributed by atoms with van der Waals surface area (Å²) in [5, 5.41) is 12.5. The van der Waals surface area contributed by atoms with Crippen molar-refractivity contribution in [1.29, 1.82) is 5.26 Å². The minimum Gasteiger partial charge on any atom is -0.355 e. The Morgan fingerprint density at radius 2 is 1.83 bits per heavy atom. The highest BCUT2D eigenvalue weighted by molar-refractivity contribution is 6.02. The van der Waals surface area contributed by atoms with Crippen LogP contribution >= 0.6 is 0 Å². The zero-order valence-electron chi connectivity index (χ0n) is 19.1. The Kier molecular flexibility index (Phi) is 6.31. The van der Waals surface area contributed by atoms with Crippen LogP contribution in [0.4, 0.5) is 5.82 Å². The number of fused-ring (bicyclic) bond motifs is 1. The topological polar surface area (TPSA) is 109 Å². The van der Waals surface area contributed by atoms with Gasteiger partial charge in [-0.25, -0.2) is 4.98 Å². The van der Waals surface area contributed by atoms with E-state index in [0.717, 1.165) is 5.56 Å². The largest absolute Gasteiger partial charge is 0.355 e. The van der Waals surface area contributed by atoms with Crippen molar-refractivity contribution in [3.63, 3.8) is 0 Å². The molecular formula is C26H25N5O4. The van der Waals surface area contributed by atoms with Gasteiger partial charge in [0.05, 0.1) is 18.8 Å². The molecule has 9 heteroatoms. The minimum atomic E-state index is -0.576. The molecule has 0 saturated carbocycles. The molecule has 1 spiro atoms. The molecule has 0 atom stereocenters. The lowest BCUT2D eigenvalue weighted by molar-refractivity contribution is -0.169. The minimum absolute atomic E-state index is 0.159. The summed E-state index contributed by atoms with van der Waals surface area (Å²) >= 11 is 0. The zero-order valence-corrected chi connectivity index (χ0v) is 19.1. The number of amides is 1. The lowest BCUT2D eigenvalue weighted by atomic mass is 10.0. The molecule has 0 radical (unpaired) electrons. The molecule has 1 aromatic carbocycles. The number of anilines is 1. The number of ether oxygens (including phenoxy) is 2. The summed E-state index contributed by atoms with van der Waals surface area (Å²) in [4.78, 5) is 33.0. The fourth-order valence-corrected chi connectivity index (χ4v) is 4.47. The van der Waals surface area contributed by atoms with Gasteiger partial charge in [0.25, 0.3) is 11.5 Å². The van der Waals surface area contributed by atoms with E-state index in [1.165, 1.54) is 10.5 Å². The van der Waals surface area contributed by atoms with E-state index in [0.29, 0.717) is 50.6 Å². The Morgan fingerprint density at radius 3 is 2.54 bits per heavy atom. The molecule has 2 aliphatic rings. The van der Waals surface area contributed by atoms with E-state index in [2.05, 4.69) is 5.32 Å². The molecule has 4 heterocycles. The van der Waals surface area contributed by atoms with Gasteiger partial charge in [0, 0.05) is 38.7 Å². The quantitative estimate of drug-likeness (QED) is 0.449. The van der Waals surface area contributed by atoms with Gasteiger partial charge >= 0.3 is 0 Å². The molecule has 5 rings (SSSR count). The molecular weight excluding hydrogens is 446 g/mol. The number of carbonyl (C=O) groups is 1. The maximum absolute atomic E-state index is 13.5. The van der Waals surface area contributed by atoms with Gasteiger partial charge < -0.3 is 19.7 Å². The first-order valence-corrected chi connectivity index (χ1v) is 11.6. The van der Waals surface area contributed by atoms with Crippen LogP contribution in [-0.4, -0.2) is 47.4 Å². The summed E-state index contributed by atoms with van der Waals surface area (Å²) in [5.74, 6) is -0.684. The smallest absolute Gasteiger partial charge is 0.267 e. The molecule has 1 amide bonds. The Labute approximate surface area is 202 Å². The molecule has 2 aliphatic heterocycles. The average molecular weight is 472 g/mol. The van der Waals surface area contributed by atoms with Crippen LogP contribution in [0.5, 0.6) is 0 Å².